The summed E-state index contributed by atoms with van der Waals surface area (Å²) in [6.07, 6.45) is 4.26. The van der Waals surface area contributed by atoms with Crippen molar-refractivity contribution in [3.8, 4) is 0 Å². The second-order valence-electron chi connectivity index (χ2n) is 8.33. The van der Waals surface area contributed by atoms with Crippen LogP contribution in [0.4, 0.5) is 5.69 Å². The number of hydrogen-bond donors (Lipinski definition) is 3. The van der Waals surface area contributed by atoms with Crippen molar-refractivity contribution < 1.29 is 9.59 Å². The molecule has 9 nitrogen and oxygen atoms in total. The largest absolute Gasteiger partial charge is 0.351 e. The number of aromatic amines is 2. The summed E-state index contributed by atoms with van der Waals surface area (Å²) in [5.74, 6) is -0.301. The SMILES string of the molecule is Cn1ccc2cc(C(=O)N3CCc4c(C(=O)Nc5ccc6[nH]ncc6c5)n[nH]c4C3)ccc21. The molecule has 33 heavy (non-hydrogen) atoms. The van der Waals surface area contributed by atoms with Crippen LogP contribution in [0.15, 0.2) is 54.9 Å². The van der Waals surface area contributed by atoms with Crippen LogP contribution in [0.3, 0.4) is 0 Å². The van der Waals surface area contributed by atoms with E-state index in [0.29, 0.717) is 36.5 Å². The van der Waals surface area contributed by atoms with Gasteiger partial charge in [0.1, 0.15) is 0 Å². The summed E-state index contributed by atoms with van der Waals surface area (Å²) in [5.41, 5.74) is 5.35. The van der Waals surface area contributed by atoms with Crippen molar-refractivity contribution in [1.29, 1.82) is 0 Å². The fraction of sp³-hybridized carbons (Fsp3) is 0.167. The van der Waals surface area contributed by atoms with Gasteiger partial charge < -0.3 is 14.8 Å². The lowest BCUT2D eigenvalue weighted by Gasteiger charge is -2.27. The lowest BCUT2D eigenvalue weighted by atomic mass is 10.0. The van der Waals surface area contributed by atoms with Gasteiger partial charge in [0.25, 0.3) is 11.8 Å². The van der Waals surface area contributed by atoms with Crippen LogP contribution in [0.25, 0.3) is 21.8 Å². The van der Waals surface area contributed by atoms with E-state index in [1.807, 2.05) is 60.3 Å². The lowest BCUT2D eigenvalue weighted by Crippen LogP contribution is -2.36. The highest BCUT2D eigenvalue weighted by Crippen LogP contribution is 2.25. The minimum atomic E-state index is -0.273. The van der Waals surface area contributed by atoms with Gasteiger partial charge in [-0.2, -0.15) is 10.2 Å². The van der Waals surface area contributed by atoms with Crippen LogP contribution in [0, 0.1) is 0 Å². The van der Waals surface area contributed by atoms with Crippen LogP contribution < -0.4 is 5.32 Å². The zero-order valence-electron chi connectivity index (χ0n) is 17.9. The smallest absolute Gasteiger partial charge is 0.276 e. The van der Waals surface area contributed by atoms with E-state index in [1.165, 1.54) is 0 Å². The van der Waals surface area contributed by atoms with Gasteiger partial charge in [0.15, 0.2) is 5.69 Å². The number of aryl methyl sites for hydroxylation is 1. The van der Waals surface area contributed by atoms with Crippen molar-refractivity contribution >= 4 is 39.3 Å². The molecule has 164 valence electrons. The summed E-state index contributed by atoms with van der Waals surface area (Å²) in [7, 11) is 1.98. The number of rotatable bonds is 3. The van der Waals surface area contributed by atoms with Crippen LogP contribution in [0.1, 0.15) is 32.1 Å². The number of benzene rings is 2. The first kappa shape index (κ1) is 19.3. The molecule has 3 aromatic heterocycles. The molecule has 1 aliphatic heterocycles. The van der Waals surface area contributed by atoms with Crippen molar-refractivity contribution in [3.63, 3.8) is 0 Å². The zero-order valence-corrected chi connectivity index (χ0v) is 17.9. The maximum Gasteiger partial charge on any atom is 0.276 e. The number of nitrogens with one attached hydrogen (secondary N) is 3. The molecule has 5 aromatic rings. The standard InChI is InChI=1S/C24H21N7O2/c1-30-8-6-14-10-15(2-5-21(14)30)24(33)31-9-7-18-20(13-31)28-29-22(18)23(32)26-17-3-4-19-16(11-17)12-25-27-19/h2-6,8,10-12H,7,9,13H2,1H3,(H,25,27)(H,26,32)(H,28,29). The third-order valence-corrected chi connectivity index (χ3v) is 6.27. The number of carbonyl (C=O) groups is 2. The molecule has 0 radical (unpaired) electrons. The third kappa shape index (κ3) is 3.25. The topological polar surface area (TPSA) is 112 Å². The van der Waals surface area contributed by atoms with Gasteiger partial charge in [0.2, 0.25) is 0 Å². The Balaban J connectivity index is 1.20. The minimum absolute atomic E-state index is 0.0274. The van der Waals surface area contributed by atoms with E-state index in [-0.39, 0.29) is 11.8 Å². The summed E-state index contributed by atoms with van der Waals surface area (Å²) < 4.78 is 2.03. The van der Waals surface area contributed by atoms with Crippen molar-refractivity contribution in [2.45, 2.75) is 13.0 Å². The highest BCUT2D eigenvalue weighted by atomic mass is 16.2. The number of hydrogen-bond acceptors (Lipinski definition) is 4. The Morgan fingerprint density at radius 3 is 2.88 bits per heavy atom. The van der Waals surface area contributed by atoms with Gasteiger partial charge in [-0.1, -0.05) is 0 Å². The molecule has 2 amide bonds. The zero-order chi connectivity index (χ0) is 22.5. The van der Waals surface area contributed by atoms with E-state index in [0.717, 1.165) is 33.1 Å². The average molecular weight is 439 g/mol. The van der Waals surface area contributed by atoms with Crippen LogP contribution in [0.5, 0.6) is 0 Å². The minimum Gasteiger partial charge on any atom is -0.351 e. The molecule has 1 aliphatic rings. The monoisotopic (exact) mass is 439 g/mol. The molecule has 0 unspecified atom stereocenters. The average Bonchev–Trinajstić information content (AvgIpc) is 3.56. The fourth-order valence-corrected chi connectivity index (χ4v) is 4.49. The van der Waals surface area contributed by atoms with Crippen LogP contribution >= 0.6 is 0 Å². The summed E-state index contributed by atoms with van der Waals surface area (Å²) in [4.78, 5) is 27.8. The summed E-state index contributed by atoms with van der Waals surface area (Å²) in [5, 5.41) is 19.0. The molecule has 2 aromatic carbocycles. The second kappa shape index (κ2) is 7.33. The van der Waals surface area contributed by atoms with Crippen molar-refractivity contribution in [1.82, 2.24) is 29.9 Å². The molecule has 0 saturated heterocycles. The van der Waals surface area contributed by atoms with Crippen molar-refractivity contribution in [2.75, 3.05) is 11.9 Å². The van der Waals surface area contributed by atoms with Gasteiger partial charge in [0.05, 0.1) is 24.0 Å². The Hall–Kier alpha value is -4.40. The summed E-state index contributed by atoms with van der Waals surface area (Å²) in [6, 6.07) is 13.3. The first-order valence-corrected chi connectivity index (χ1v) is 10.7. The van der Waals surface area contributed by atoms with Gasteiger partial charge in [-0.25, -0.2) is 0 Å². The summed E-state index contributed by atoms with van der Waals surface area (Å²) in [6.45, 7) is 0.918. The highest BCUT2D eigenvalue weighted by molar-refractivity contribution is 6.05. The highest BCUT2D eigenvalue weighted by Gasteiger charge is 2.28. The molecule has 0 saturated carbocycles. The number of fused-ring (bicyclic) bond motifs is 3. The number of aromatic nitrogens is 5. The van der Waals surface area contributed by atoms with Crippen molar-refractivity contribution in [2.24, 2.45) is 7.05 Å². The Morgan fingerprint density at radius 2 is 1.97 bits per heavy atom. The quantitative estimate of drug-likeness (QED) is 0.401. The molecule has 6 rings (SSSR count). The fourth-order valence-electron chi connectivity index (χ4n) is 4.49. The van der Waals surface area contributed by atoms with Gasteiger partial charge in [-0.05, 0) is 48.9 Å². The predicted octanol–water partition coefficient (Wildman–Crippen LogP) is 3.23. The number of nitrogens with zero attached hydrogens (tertiary/aromatic N) is 4. The van der Waals surface area contributed by atoms with Crippen LogP contribution in [-0.4, -0.2) is 48.2 Å². The number of H-pyrrole nitrogens is 2. The summed E-state index contributed by atoms with van der Waals surface area (Å²) >= 11 is 0. The van der Waals surface area contributed by atoms with Gasteiger partial charge in [-0.3, -0.25) is 19.8 Å². The third-order valence-electron chi connectivity index (χ3n) is 6.27. The molecule has 0 aliphatic carbocycles. The second-order valence-corrected chi connectivity index (χ2v) is 8.33. The van der Waals surface area contributed by atoms with E-state index in [4.69, 9.17) is 0 Å². The van der Waals surface area contributed by atoms with Gasteiger partial charge in [0, 0.05) is 52.9 Å². The van der Waals surface area contributed by atoms with E-state index >= 15 is 0 Å². The molecular formula is C24H21N7O2. The van der Waals surface area contributed by atoms with Crippen LogP contribution in [0.2, 0.25) is 0 Å². The van der Waals surface area contributed by atoms with Crippen molar-refractivity contribution in [3.05, 3.63) is 77.4 Å². The van der Waals surface area contributed by atoms with E-state index in [1.54, 1.807) is 11.1 Å². The lowest BCUT2D eigenvalue weighted by molar-refractivity contribution is 0.0732. The maximum atomic E-state index is 13.1. The maximum absolute atomic E-state index is 13.1. The molecule has 0 fully saturated rings. The van der Waals surface area contributed by atoms with Gasteiger partial charge in [-0.15, -0.1) is 0 Å². The molecular weight excluding hydrogens is 418 g/mol. The van der Waals surface area contributed by atoms with E-state index in [9.17, 15) is 9.59 Å². The molecule has 0 spiro atoms. The Bertz CT molecular complexity index is 1540. The molecule has 3 N–H and O–H groups in total. The number of amides is 2. The Kier molecular flexibility index (Phi) is 4.29. The van der Waals surface area contributed by atoms with E-state index in [2.05, 4.69) is 25.7 Å². The number of anilines is 1. The van der Waals surface area contributed by atoms with E-state index < -0.39 is 0 Å². The molecule has 0 bridgehead atoms. The number of carbonyl (C=O) groups excluding carboxylic acids is 2. The first-order valence-electron chi connectivity index (χ1n) is 10.7. The Morgan fingerprint density at radius 1 is 1.06 bits per heavy atom. The van der Waals surface area contributed by atoms with Crippen LogP contribution in [-0.2, 0) is 20.0 Å². The molecule has 0 atom stereocenters. The molecule has 4 heterocycles. The van der Waals surface area contributed by atoms with Gasteiger partial charge >= 0.3 is 0 Å². The Labute approximate surface area is 188 Å². The predicted molar refractivity (Wildman–Crippen MR) is 124 cm³/mol. The first-order chi connectivity index (χ1) is 16.1. The molecule has 9 heteroatoms. The normalized spacial score (nSPS) is 13.4.